The molecule has 1 amide bonds. The lowest BCUT2D eigenvalue weighted by Crippen LogP contribution is -2.29. The number of sulfonamides is 1. The van der Waals surface area contributed by atoms with Gasteiger partial charge in [-0.2, -0.15) is 0 Å². The molecule has 0 aromatic rings. The van der Waals surface area contributed by atoms with Gasteiger partial charge in [0.2, 0.25) is 15.9 Å². The van der Waals surface area contributed by atoms with Crippen LogP contribution < -0.4 is 4.72 Å². The largest absolute Gasteiger partial charge is 0.392 e. The zero-order valence-corrected chi connectivity index (χ0v) is 19.1. The summed E-state index contributed by atoms with van der Waals surface area (Å²) < 4.78 is 30.1. The van der Waals surface area contributed by atoms with Crippen LogP contribution in [-0.2, 0) is 19.6 Å². The Kier molecular flexibility index (Phi) is 9.53. The molecule has 3 N–H and O–H groups in total. The van der Waals surface area contributed by atoms with E-state index < -0.39 is 28.1 Å². The highest BCUT2D eigenvalue weighted by Gasteiger charge is 2.47. The van der Waals surface area contributed by atoms with Crippen molar-refractivity contribution in [2.45, 2.75) is 89.6 Å². The van der Waals surface area contributed by atoms with Crippen LogP contribution in [0.3, 0.4) is 0 Å². The van der Waals surface area contributed by atoms with Crippen LogP contribution in [0.1, 0.15) is 65.2 Å². The van der Waals surface area contributed by atoms with Crippen molar-refractivity contribution in [3.63, 3.8) is 0 Å². The Morgan fingerprint density at radius 3 is 2.67 bits per heavy atom. The number of nitrogens with one attached hydrogen (secondary N) is 1. The number of hydrogen-bond donors (Lipinski definition) is 3. The summed E-state index contributed by atoms with van der Waals surface area (Å²) in [4.78, 5) is 11.5. The summed E-state index contributed by atoms with van der Waals surface area (Å²) in [5.41, 5.74) is 1.24. The number of ether oxygens (including phenoxy) is 1. The van der Waals surface area contributed by atoms with Crippen molar-refractivity contribution in [2.75, 3.05) is 6.26 Å². The van der Waals surface area contributed by atoms with E-state index in [0.29, 0.717) is 19.3 Å². The average molecular weight is 444 g/mol. The molecule has 1 aliphatic carbocycles. The van der Waals surface area contributed by atoms with Gasteiger partial charge in [-0.3, -0.25) is 9.52 Å². The Hall–Kier alpha value is -1.22. The topological polar surface area (TPSA) is 113 Å². The molecule has 2 fully saturated rings. The summed E-state index contributed by atoms with van der Waals surface area (Å²) >= 11 is 0. The monoisotopic (exact) mass is 443 g/mol. The molecule has 0 aromatic heterocycles. The van der Waals surface area contributed by atoms with Crippen LogP contribution in [0.4, 0.5) is 0 Å². The summed E-state index contributed by atoms with van der Waals surface area (Å²) in [7, 11) is -3.49. The van der Waals surface area contributed by atoms with E-state index in [1.807, 2.05) is 30.7 Å². The first-order valence-corrected chi connectivity index (χ1v) is 12.8. The summed E-state index contributed by atoms with van der Waals surface area (Å²) in [6, 6.07) is 0. The van der Waals surface area contributed by atoms with Crippen molar-refractivity contribution in [3.05, 3.63) is 23.8 Å². The van der Waals surface area contributed by atoms with Gasteiger partial charge in [0.1, 0.15) is 0 Å². The normalized spacial score (nSPS) is 29.7. The molecule has 1 saturated heterocycles. The molecule has 7 nitrogen and oxygen atoms in total. The maximum Gasteiger partial charge on any atom is 0.233 e. The molecule has 8 heteroatoms. The number of fused-ring (bicyclic) bond motifs is 1. The second-order valence-corrected chi connectivity index (χ2v) is 10.7. The van der Waals surface area contributed by atoms with Crippen LogP contribution in [0.5, 0.6) is 0 Å². The highest BCUT2D eigenvalue weighted by molar-refractivity contribution is 7.89. The highest BCUT2D eigenvalue weighted by Crippen LogP contribution is 2.45. The number of amides is 1. The fraction of sp³-hybridized carbons (Fsp3) is 0.773. The summed E-state index contributed by atoms with van der Waals surface area (Å²) in [5, 5.41) is 20.6. The van der Waals surface area contributed by atoms with E-state index in [0.717, 1.165) is 31.9 Å². The van der Waals surface area contributed by atoms with Gasteiger partial charge in [-0.1, -0.05) is 30.2 Å². The molecule has 6 atom stereocenters. The smallest absolute Gasteiger partial charge is 0.233 e. The first-order chi connectivity index (χ1) is 14.0. The van der Waals surface area contributed by atoms with E-state index in [1.54, 1.807) is 0 Å². The van der Waals surface area contributed by atoms with Crippen LogP contribution in [-0.4, -0.2) is 55.2 Å². The zero-order valence-electron chi connectivity index (χ0n) is 18.3. The van der Waals surface area contributed by atoms with Gasteiger partial charge < -0.3 is 14.9 Å². The minimum absolute atomic E-state index is 0.00126. The molecule has 1 aliphatic heterocycles. The number of unbranched alkanes of at least 4 members (excludes halogenated alkanes) is 1. The third kappa shape index (κ3) is 8.49. The predicted molar refractivity (Wildman–Crippen MR) is 116 cm³/mol. The summed E-state index contributed by atoms with van der Waals surface area (Å²) in [6.07, 6.45) is 11.4. The molecule has 172 valence electrons. The molecule has 0 spiro atoms. The SMILES string of the molecule is CC(C)=CCC[C@H](O)C=C[C@@H]1[C@H]2C[C@@H](CCCCC(=O)NS(C)(=O)=O)O[C@H]2C[C@H]1O. The number of aliphatic hydroxyl groups is 2. The fourth-order valence-corrected chi connectivity index (χ4v) is 4.96. The van der Waals surface area contributed by atoms with Crippen molar-refractivity contribution in [1.29, 1.82) is 0 Å². The van der Waals surface area contributed by atoms with Gasteiger partial charge in [0.25, 0.3) is 0 Å². The number of allylic oxidation sites excluding steroid dienone is 2. The lowest BCUT2D eigenvalue weighted by atomic mass is 9.89. The molecule has 2 aliphatic rings. The quantitative estimate of drug-likeness (QED) is 0.334. The minimum atomic E-state index is -3.49. The van der Waals surface area contributed by atoms with Gasteiger partial charge in [0, 0.05) is 18.8 Å². The lowest BCUT2D eigenvalue weighted by molar-refractivity contribution is -0.119. The van der Waals surface area contributed by atoms with E-state index in [-0.39, 0.29) is 30.5 Å². The van der Waals surface area contributed by atoms with E-state index in [2.05, 4.69) is 6.08 Å². The molecule has 1 saturated carbocycles. The second-order valence-electron chi connectivity index (χ2n) is 8.93. The van der Waals surface area contributed by atoms with Gasteiger partial charge >= 0.3 is 0 Å². The van der Waals surface area contributed by atoms with Crippen LogP contribution in [0.15, 0.2) is 23.8 Å². The molecule has 0 unspecified atom stereocenters. The fourth-order valence-electron chi connectivity index (χ4n) is 4.44. The minimum Gasteiger partial charge on any atom is -0.392 e. The molecule has 30 heavy (non-hydrogen) atoms. The Morgan fingerprint density at radius 1 is 1.27 bits per heavy atom. The second kappa shape index (κ2) is 11.4. The highest BCUT2D eigenvalue weighted by atomic mass is 32.2. The molecule has 2 rings (SSSR count). The molecular formula is C22H37NO6S. The summed E-state index contributed by atoms with van der Waals surface area (Å²) in [6.45, 7) is 4.08. The van der Waals surface area contributed by atoms with Crippen LogP contribution in [0.2, 0.25) is 0 Å². The Morgan fingerprint density at radius 2 is 2.00 bits per heavy atom. The first-order valence-electron chi connectivity index (χ1n) is 10.9. The Bertz CT molecular complexity index is 728. The Balaban J connectivity index is 1.73. The van der Waals surface area contributed by atoms with E-state index in [9.17, 15) is 23.4 Å². The number of rotatable bonds is 11. The van der Waals surface area contributed by atoms with Gasteiger partial charge in [0.05, 0.1) is 30.7 Å². The number of hydrogen-bond acceptors (Lipinski definition) is 6. The molecule has 0 aromatic carbocycles. The molecule has 0 radical (unpaired) electrons. The van der Waals surface area contributed by atoms with Crippen molar-refractivity contribution < 1.29 is 28.2 Å². The van der Waals surface area contributed by atoms with Crippen molar-refractivity contribution in [3.8, 4) is 0 Å². The standard InChI is InChI=1S/C22H37NO6S/c1-15(2)7-6-8-16(24)11-12-18-19-13-17(29-21(19)14-20(18)25)9-4-5-10-22(26)23-30(3,27)28/h7,11-12,16-21,24-25H,4-6,8-10,13-14H2,1-3H3,(H,23,26)/t16-,17+,18+,19+,20+,21-/m0/s1. The zero-order chi connectivity index (χ0) is 22.3. The molecular weight excluding hydrogens is 406 g/mol. The van der Waals surface area contributed by atoms with E-state index in [4.69, 9.17) is 4.74 Å². The third-order valence-electron chi connectivity index (χ3n) is 5.84. The lowest BCUT2D eigenvalue weighted by Gasteiger charge is -2.18. The van der Waals surface area contributed by atoms with Gasteiger partial charge in [-0.05, 0) is 51.9 Å². The average Bonchev–Trinajstić information content (AvgIpc) is 3.11. The maximum atomic E-state index is 11.5. The van der Waals surface area contributed by atoms with Crippen LogP contribution in [0, 0.1) is 11.8 Å². The number of carbonyl (C=O) groups excluding carboxylic acids is 1. The molecule has 0 bridgehead atoms. The van der Waals surface area contributed by atoms with Crippen molar-refractivity contribution in [2.24, 2.45) is 11.8 Å². The molecule has 1 heterocycles. The Labute approximate surface area is 180 Å². The predicted octanol–water partition coefficient (Wildman–Crippen LogP) is 2.44. The van der Waals surface area contributed by atoms with Gasteiger partial charge in [-0.15, -0.1) is 0 Å². The van der Waals surface area contributed by atoms with Gasteiger partial charge in [0.15, 0.2) is 0 Å². The van der Waals surface area contributed by atoms with Crippen molar-refractivity contribution >= 4 is 15.9 Å². The van der Waals surface area contributed by atoms with Crippen LogP contribution in [0.25, 0.3) is 0 Å². The van der Waals surface area contributed by atoms with E-state index in [1.165, 1.54) is 5.57 Å². The van der Waals surface area contributed by atoms with Crippen molar-refractivity contribution in [1.82, 2.24) is 4.72 Å². The third-order valence-corrected chi connectivity index (χ3v) is 6.44. The number of aliphatic hydroxyl groups excluding tert-OH is 2. The summed E-state index contributed by atoms with van der Waals surface area (Å²) in [5.74, 6) is -0.225. The maximum absolute atomic E-state index is 11.5. The van der Waals surface area contributed by atoms with Gasteiger partial charge in [-0.25, -0.2) is 8.42 Å². The van der Waals surface area contributed by atoms with Crippen LogP contribution >= 0.6 is 0 Å². The number of carbonyl (C=O) groups is 1. The van der Waals surface area contributed by atoms with E-state index >= 15 is 0 Å². The first kappa shape index (κ1) is 25.0.